The lowest BCUT2D eigenvalue weighted by Crippen LogP contribution is -2.52. The summed E-state index contributed by atoms with van der Waals surface area (Å²) in [5, 5.41) is 0. The lowest BCUT2D eigenvalue weighted by molar-refractivity contribution is -0.120. The zero-order valence-electron chi connectivity index (χ0n) is 12.2. The van der Waals surface area contributed by atoms with Gasteiger partial charge in [-0.15, -0.1) is 0 Å². The third kappa shape index (κ3) is 2.52. The van der Waals surface area contributed by atoms with E-state index in [2.05, 4.69) is 9.97 Å². The third-order valence-electron chi connectivity index (χ3n) is 3.58. The van der Waals surface area contributed by atoms with Crippen molar-refractivity contribution in [1.29, 1.82) is 0 Å². The highest BCUT2D eigenvalue weighted by molar-refractivity contribution is 6.01. The summed E-state index contributed by atoms with van der Waals surface area (Å²) in [6, 6.07) is 7.35. The van der Waals surface area contributed by atoms with Crippen LogP contribution in [0.2, 0.25) is 0 Å². The van der Waals surface area contributed by atoms with Crippen molar-refractivity contribution < 1.29 is 14.3 Å². The molecule has 7 nitrogen and oxygen atoms in total. The Morgan fingerprint density at radius 2 is 2.14 bits per heavy atom. The maximum Gasteiger partial charge on any atom is 0.290 e. The minimum atomic E-state index is -0.266. The average Bonchev–Trinajstić information content (AvgIpc) is 3.08. The predicted molar refractivity (Wildman–Crippen MR) is 79.8 cm³/mol. The summed E-state index contributed by atoms with van der Waals surface area (Å²) in [6.07, 6.45) is 3.10. The van der Waals surface area contributed by atoms with E-state index in [-0.39, 0.29) is 24.2 Å². The van der Waals surface area contributed by atoms with Gasteiger partial charge in [0.1, 0.15) is 12.3 Å². The predicted octanol–water partition coefficient (Wildman–Crippen LogP) is 0.907. The van der Waals surface area contributed by atoms with Gasteiger partial charge in [-0.1, -0.05) is 12.1 Å². The third-order valence-corrected chi connectivity index (χ3v) is 3.58. The largest absolute Gasteiger partial charge is 0.495 e. The van der Waals surface area contributed by atoms with Crippen molar-refractivity contribution in [2.75, 3.05) is 31.6 Å². The lowest BCUT2D eigenvalue weighted by Gasteiger charge is -2.34. The van der Waals surface area contributed by atoms with Gasteiger partial charge in [-0.25, -0.2) is 4.98 Å². The first kappa shape index (κ1) is 14.1. The van der Waals surface area contributed by atoms with Crippen LogP contribution in [0.25, 0.3) is 0 Å². The van der Waals surface area contributed by atoms with Gasteiger partial charge < -0.3 is 19.5 Å². The molecule has 0 aliphatic carbocycles. The van der Waals surface area contributed by atoms with Gasteiger partial charge in [0.2, 0.25) is 5.91 Å². The second-order valence-electron chi connectivity index (χ2n) is 4.88. The number of anilines is 1. The molecule has 2 aromatic rings. The van der Waals surface area contributed by atoms with E-state index in [1.54, 1.807) is 18.2 Å². The Morgan fingerprint density at radius 3 is 2.82 bits per heavy atom. The number of hydrogen-bond acceptors (Lipinski definition) is 4. The summed E-state index contributed by atoms with van der Waals surface area (Å²) in [7, 11) is 1.57. The molecule has 1 aromatic carbocycles. The number of carbonyl (C=O) groups excluding carboxylic acids is 2. The quantitative estimate of drug-likeness (QED) is 0.914. The topological polar surface area (TPSA) is 78.5 Å². The van der Waals surface area contributed by atoms with E-state index >= 15 is 0 Å². The summed E-state index contributed by atoms with van der Waals surface area (Å²) in [4.78, 5) is 34.4. The molecule has 2 amide bonds. The van der Waals surface area contributed by atoms with Gasteiger partial charge in [0.25, 0.3) is 5.91 Å². The number of aromatic amines is 1. The van der Waals surface area contributed by atoms with Crippen LogP contribution in [0.1, 0.15) is 10.6 Å². The van der Waals surface area contributed by atoms with Crippen LogP contribution in [0, 0.1) is 0 Å². The molecule has 1 fully saturated rings. The van der Waals surface area contributed by atoms with Gasteiger partial charge in [0.05, 0.1) is 12.8 Å². The van der Waals surface area contributed by atoms with Crippen LogP contribution in [-0.4, -0.2) is 53.4 Å². The number of nitrogens with zero attached hydrogens (tertiary/aromatic N) is 3. The van der Waals surface area contributed by atoms with Crippen molar-refractivity contribution in [2.45, 2.75) is 0 Å². The van der Waals surface area contributed by atoms with Crippen molar-refractivity contribution in [3.05, 3.63) is 42.5 Å². The fraction of sp³-hybridized carbons (Fsp3) is 0.267. The molecule has 7 heteroatoms. The van der Waals surface area contributed by atoms with Crippen LogP contribution >= 0.6 is 0 Å². The van der Waals surface area contributed by atoms with E-state index in [4.69, 9.17) is 4.74 Å². The standard InChI is InChI=1S/C15H16N4O3/c1-22-12-5-3-2-4-11(12)19-9-8-18(10-13(19)20)15(21)14-16-6-7-17-14/h2-7H,8-10H2,1H3,(H,16,17). The van der Waals surface area contributed by atoms with E-state index in [0.717, 1.165) is 5.69 Å². The fourth-order valence-corrected chi connectivity index (χ4v) is 2.49. The van der Waals surface area contributed by atoms with Crippen molar-refractivity contribution in [3.63, 3.8) is 0 Å². The Labute approximate surface area is 127 Å². The summed E-state index contributed by atoms with van der Waals surface area (Å²) >= 11 is 0. The zero-order valence-corrected chi connectivity index (χ0v) is 12.2. The normalized spacial score (nSPS) is 15.0. The van der Waals surface area contributed by atoms with Gasteiger partial charge >= 0.3 is 0 Å². The highest BCUT2D eigenvalue weighted by Gasteiger charge is 2.30. The molecule has 1 aliphatic rings. The Balaban J connectivity index is 1.75. The highest BCUT2D eigenvalue weighted by atomic mass is 16.5. The molecule has 0 atom stereocenters. The molecule has 0 unspecified atom stereocenters. The number of benzene rings is 1. The van der Waals surface area contributed by atoms with Gasteiger partial charge in [-0.3, -0.25) is 9.59 Å². The number of piperazine rings is 1. The molecule has 1 N–H and O–H groups in total. The van der Waals surface area contributed by atoms with E-state index in [0.29, 0.717) is 18.8 Å². The first-order valence-corrected chi connectivity index (χ1v) is 6.92. The van der Waals surface area contributed by atoms with Crippen molar-refractivity contribution in [2.24, 2.45) is 0 Å². The number of rotatable bonds is 3. The average molecular weight is 300 g/mol. The minimum absolute atomic E-state index is 0.0254. The van der Waals surface area contributed by atoms with Gasteiger partial charge in [-0.05, 0) is 12.1 Å². The van der Waals surface area contributed by atoms with E-state index < -0.39 is 0 Å². The van der Waals surface area contributed by atoms with Gasteiger partial charge in [0, 0.05) is 25.5 Å². The first-order chi connectivity index (χ1) is 10.7. The molecule has 0 bridgehead atoms. The number of ether oxygens (including phenoxy) is 1. The Kier molecular flexibility index (Phi) is 3.78. The molecule has 0 radical (unpaired) electrons. The Morgan fingerprint density at radius 1 is 1.32 bits per heavy atom. The van der Waals surface area contributed by atoms with Crippen molar-refractivity contribution in [3.8, 4) is 5.75 Å². The minimum Gasteiger partial charge on any atom is -0.495 e. The number of H-pyrrole nitrogens is 1. The maximum atomic E-state index is 12.4. The molecule has 0 spiro atoms. The van der Waals surface area contributed by atoms with Crippen LogP contribution < -0.4 is 9.64 Å². The van der Waals surface area contributed by atoms with Crippen molar-refractivity contribution in [1.82, 2.24) is 14.9 Å². The smallest absolute Gasteiger partial charge is 0.290 e. The molecule has 22 heavy (non-hydrogen) atoms. The number of aromatic nitrogens is 2. The summed E-state index contributed by atoms with van der Waals surface area (Å²) in [6.45, 7) is 0.895. The fourth-order valence-electron chi connectivity index (χ4n) is 2.49. The van der Waals surface area contributed by atoms with E-state index in [9.17, 15) is 9.59 Å². The second-order valence-corrected chi connectivity index (χ2v) is 4.88. The van der Waals surface area contributed by atoms with Gasteiger partial charge in [0.15, 0.2) is 5.82 Å². The molecule has 114 valence electrons. The number of methoxy groups -OCH3 is 1. The molecular weight excluding hydrogens is 284 g/mol. The maximum absolute atomic E-state index is 12.4. The number of carbonyl (C=O) groups is 2. The van der Waals surface area contributed by atoms with Crippen LogP contribution in [-0.2, 0) is 4.79 Å². The van der Waals surface area contributed by atoms with Crippen LogP contribution in [0.5, 0.6) is 5.75 Å². The number of imidazole rings is 1. The van der Waals surface area contributed by atoms with Crippen LogP contribution in [0.15, 0.2) is 36.7 Å². The molecule has 2 heterocycles. The SMILES string of the molecule is COc1ccccc1N1CCN(C(=O)c2ncc[nH]2)CC1=O. The molecule has 0 saturated carbocycles. The molecule has 1 aromatic heterocycles. The van der Waals surface area contributed by atoms with Crippen LogP contribution in [0.4, 0.5) is 5.69 Å². The summed E-state index contributed by atoms with van der Waals surface area (Å²) < 4.78 is 5.29. The van der Waals surface area contributed by atoms with Gasteiger partial charge in [-0.2, -0.15) is 0 Å². The first-order valence-electron chi connectivity index (χ1n) is 6.92. The number of amides is 2. The number of hydrogen-bond donors (Lipinski definition) is 1. The summed E-state index contributed by atoms with van der Waals surface area (Å²) in [5.41, 5.74) is 0.722. The Bertz CT molecular complexity index is 684. The van der Waals surface area contributed by atoms with Crippen LogP contribution in [0.3, 0.4) is 0 Å². The molecule has 1 saturated heterocycles. The highest BCUT2D eigenvalue weighted by Crippen LogP contribution is 2.28. The Hall–Kier alpha value is -2.83. The van der Waals surface area contributed by atoms with E-state index in [1.165, 1.54) is 11.1 Å². The summed E-state index contributed by atoms with van der Waals surface area (Å²) in [5.74, 6) is 0.480. The molecule has 1 aliphatic heterocycles. The molecular formula is C15H16N4O3. The monoisotopic (exact) mass is 300 g/mol. The molecule has 3 rings (SSSR count). The number of nitrogens with one attached hydrogen (secondary N) is 1. The zero-order chi connectivity index (χ0) is 15.5. The van der Waals surface area contributed by atoms with E-state index in [1.807, 2.05) is 24.3 Å². The number of para-hydroxylation sites is 2. The van der Waals surface area contributed by atoms with Crippen molar-refractivity contribution >= 4 is 17.5 Å². The second kappa shape index (κ2) is 5.88. The lowest BCUT2D eigenvalue weighted by atomic mass is 10.2.